The maximum Gasteiger partial charge on any atom is 0.233 e. The lowest BCUT2D eigenvalue weighted by molar-refractivity contribution is -0.118. The molecule has 6 nitrogen and oxygen atoms in total. The predicted octanol–water partition coefficient (Wildman–Crippen LogP) is 5.31. The van der Waals surface area contributed by atoms with Crippen molar-refractivity contribution in [1.82, 2.24) is 4.72 Å². The zero-order valence-electron chi connectivity index (χ0n) is 21.2. The number of benzene rings is 3. The van der Waals surface area contributed by atoms with E-state index >= 15 is 0 Å². The molecule has 1 heterocycles. The first-order chi connectivity index (χ1) is 17.1. The molecule has 0 spiro atoms. The lowest BCUT2D eigenvalue weighted by atomic mass is 9.94. The molecule has 1 amide bonds. The maximum atomic E-state index is 12.0. The molecule has 1 aliphatic heterocycles. The van der Waals surface area contributed by atoms with Gasteiger partial charge < -0.3 is 14.6 Å². The highest BCUT2D eigenvalue weighted by Gasteiger charge is 2.30. The highest BCUT2D eigenvalue weighted by Crippen LogP contribution is 2.32. The van der Waals surface area contributed by atoms with Crippen molar-refractivity contribution >= 4 is 16.9 Å². The van der Waals surface area contributed by atoms with Gasteiger partial charge in [-0.05, 0) is 91.4 Å². The Kier molecular flexibility index (Phi) is 7.81. The summed E-state index contributed by atoms with van der Waals surface area (Å²) in [4.78, 5) is 11.5. The number of nitrogens with one attached hydrogen (secondary N) is 1. The van der Waals surface area contributed by atoms with E-state index in [1.807, 2.05) is 48.5 Å². The number of rotatable bonds is 9. The molecule has 36 heavy (non-hydrogen) atoms. The van der Waals surface area contributed by atoms with Crippen LogP contribution in [0.1, 0.15) is 54.2 Å². The first-order valence-corrected chi connectivity index (χ1v) is 13.3. The van der Waals surface area contributed by atoms with Gasteiger partial charge in [0.25, 0.3) is 0 Å². The summed E-state index contributed by atoms with van der Waals surface area (Å²) in [5.41, 5.74) is 5.70. The smallest absolute Gasteiger partial charge is 0.233 e. The zero-order chi connectivity index (χ0) is 25.9. The molecule has 2 unspecified atom stereocenters. The molecule has 190 valence electrons. The largest absolute Gasteiger partial charge is 0.493 e. The van der Waals surface area contributed by atoms with Crippen molar-refractivity contribution in [3.63, 3.8) is 0 Å². The van der Waals surface area contributed by atoms with Crippen LogP contribution in [0, 0.1) is 13.8 Å². The highest BCUT2D eigenvalue weighted by molar-refractivity contribution is 7.84. The van der Waals surface area contributed by atoms with Gasteiger partial charge in [0.15, 0.2) is 0 Å². The Labute approximate surface area is 215 Å². The fraction of sp³-hybridized carbons (Fsp3) is 0.345. The average molecular weight is 508 g/mol. The molecule has 1 aliphatic rings. The second-order valence-corrected chi connectivity index (χ2v) is 11.3. The SMILES string of the molecule is Cc1cc(OCCC(C)(C)O)cc(C)c1-c1cccc(COc2ccc(C3CC(=O)NS3=O)cc2)c1. The van der Waals surface area contributed by atoms with Gasteiger partial charge in [-0.2, -0.15) is 0 Å². The van der Waals surface area contributed by atoms with E-state index in [9.17, 15) is 14.1 Å². The molecule has 4 rings (SSSR count). The zero-order valence-corrected chi connectivity index (χ0v) is 22.0. The number of hydrogen-bond donors (Lipinski definition) is 2. The van der Waals surface area contributed by atoms with Gasteiger partial charge in [-0.1, -0.05) is 30.3 Å². The van der Waals surface area contributed by atoms with Gasteiger partial charge in [0.05, 0.1) is 17.5 Å². The lowest BCUT2D eigenvalue weighted by Crippen LogP contribution is -2.21. The Hall–Kier alpha value is -3.16. The van der Waals surface area contributed by atoms with Gasteiger partial charge >= 0.3 is 0 Å². The van der Waals surface area contributed by atoms with Gasteiger partial charge in [0.2, 0.25) is 5.91 Å². The maximum absolute atomic E-state index is 12.0. The van der Waals surface area contributed by atoms with E-state index in [4.69, 9.17) is 9.47 Å². The molecular weight excluding hydrogens is 474 g/mol. The van der Waals surface area contributed by atoms with Crippen LogP contribution in [0.15, 0.2) is 60.7 Å². The van der Waals surface area contributed by atoms with Crippen LogP contribution in [0.5, 0.6) is 11.5 Å². The molecule has 0 saturated carbocycles. The van der Waals surface area contributed by atoms with Crippen molar-refractivity contribution in [3.05, 3.63) is 82.9 Å². The third-order valence-electron chi connectivity index (χ3n) is 6.21. The van der Waals surface area contributed by atoms with E-state index in [1.165, 1.54) is 5.56 Å². The first-order valence-electron chi connectivity index (χ1n) is 12.1. The number of carbonyl (C=O) groups excluding carboxylic acids is 1. The summed E-state index contributed by atoms with van der Waals surface area (Å²) in [5.74, 6) is 1.34. The molecule has 2 atom stereocenters. The van der Waals surface area contributed by atoms with Crippen LogP contribution in [0.2, 0.25) is 0 Å². The summed E-state index contributed by atoms with van der Waals surface area (Å²) in [6, 6.07) is 19.8. The Balaban J connectivity index is 1.42. The van der Waals surface area contributed by atoms with Crippen LogP contribution in [-0.4, -0.2) is 27.4 Å². The van der Waals surface area contributed by atoms with Gasteiger partial charge in [-0.3, -0.25) is 9.52 Å². The van der Waals surface area contributed by atoms with Crippen LogP contribution in [0.4, 0.5) is 0 Å². The molecule has 7 heteroatoms. The van der Waals surface area contributed by atoms with Crippen molar-refractivity contribution in [2.45, 2.75) is 58.0 Å². The van der Waals surface area contributed by atoms with Crippen molar-refractivity contribution in [3.8, 4) is 22.6 Å². The second kappa shape index (κ2) is 10.8. The van der Waals surface area contributed by atoms with E-state index < -0.39 is 16.6 Å². The highest BCUT2D eigenvalue weighted by atomic mass is 32.2. The van der Waals surface area contributed by atoms with E-state index in [-0.39, 0.29) is 17.6 Å². The minimum absolute atomic E-state index is 0.183. The molecule has 3 aromatic rings. The molecular formula is C29H33NO5S. The summed E-state index contributed by atoms with van der Waals surface area (Å²) in [5, 5.41) is 9.59. The monoisotopic (exact) mass is 507 g/mol. The average Bonchev–Trinajstić information content (AvgIpc) is 3.15. The fourth-order valence-electron chi connectivity index (χ4n) is 4.35. The Morgan fingerprint density at radius 2 is 1.69 bits per heavy atom. The van der Waals surface area contributed by atoms with Crippen LogP contribution in [0.25, 0.3) is 11.1 Å². The molecule has 2 N–H and O–H groups in total. The Morgan fingerprint density at radius 1 is 1.00 bits per heavy atom. The summed E-state index contributed by atoms with van der Waals surface area (Å²) < 4.78 is 26.3. The van der Waals surface area contributed by atoms with Crippen molar-refractivity contribution in [2.24, 2.45) is 0 Å². The number of ether oxygens (including phenoxy) is 2. The number of aliphatic hydroxyl groups is 1. The predicted molar refractivity (Wildman–Crippen MR) is 142 cm³/mol. The second-order valence-electron chi connectivity index (χ2n) is 9.92. The fourth-order valence-corrected chi connectivity index (χ4v) is 5.51. The lowest BCUT2D eigenvalue weighted by Gasteiger charge is -2.18. The number of hydrogen-bond acceptors (Lipinski definition) is 5. The first kappa shape index (κ1) is 25.9. The number of aryl methyl sites for hydroxylation is 2. The summed E-state index contributed by atoms with van der Waals surface area (Å²) in [6.07, 6.45) is 0.807. The topological polar surface area (TPSA) is 84.9 Å². The number of amides is 1. The van der Waals surface area contributed by atoms with Gasteiger partial charge in [0.1, 0.15) is 29.1 Å². The molecule has 1 saturated heterocycles. The van der Waals surface area contributed by atoms with E-state index in [2.05, 4.69) is 30.7 Å². The van der Waals surface area contributed by atoms with E-state index in [0.717, 1.165) is 33.6 Å². The summed E-state index contributed by atoms with van der Waals surface area (Å²) >= 11 is 0. The van der Waals surface area contributed by atoms with Crippen LogP contribution < -0.4 is 14.2 Å². The standard InChI is InChI=1S/C29H33NO5S/c1-19-14-25(34-13-12-29(3,4)32)15-20(2)28(19)23-7-5-6-21(16-23)18-35-24-10-8-22(9-11-24)26-17-27(31)30-36(26)33/h5-11,14-16,26,32H,12-13,17-18H2,1-4H3,(H,30,31). The third-order valence-corrected chi connectivity index (χ3v) is 7.59. The normalized spacial score (nSPS) is 17.6. The van der Waals surface area contributed by atoms with Gasteiger partial charge in [0, 0.05) is 12.8 Å². The van der Waals surface area contributed by atoms with Crippen LogP contribution in [0.3, 0.4) is 0 Å². The van der Waals surface area contributed by atoms with E-state index in [1.54, 1.807) is 13.8 Å². The molecule has 0 radical (unpaired) electrons. The van der Waals surface area contributed by atoms with E-state index in [0.29, 0.717) is 25.4 Å². The van der Waals surface area contributed by atoms with Gasteiger partial charge in [-0.25, -0.2) is 4.21 Å². The number of carbonyl (C=O) groups is 1. The summed E-state index contributed by atoms with van der Waals surface area (Å²) in [6.45, 7) is 8.60. The Bertz CT molecular complexity index is 1240. The molecule has 0 aliphatic carbocycles. The molecule has 1 fully saturated rings. The van der Waals surface area contributed by atoms with Crippen molar-refractivity contribution < 1.29 is 23.6 Å². The Morgan fingerprint density at radius 3 is 2.31 bits per heavy atom. The van der Waals surface area contributed by atoms with Crippen molar-refractivity contribution in [1.29, 1.82) is 0 Å². The molecule has 0 aromatic heterocycles. The van der Waals surface area contributed by atoms with Crippen LogP contribution >= 0.6 is 0 Å². The van der Waals surface area contributed by atoms with Crippen molar-refractivity contribution in [2.75, 3.05) is 6.61 Å². The van der Waals surface area contributed by atoms with Crippen LogP contribution in [-0.2, 0) is 22.4 Å². The minimum Gasteiger partial charge on any atom is -0.493 e. The summed E-state index contributed by atoms with van der Waals surface area (Å²) in [7, 11) is -1.37. The quantitative estimate of drug-likeness (QED) is 0.410. The molecule has 3 aromatic carbocycles. The third kappa shape index (κ3) is 6.53. The molecule has 0 bridgehead atoms. The van der Waals surface area contributed by atoms with Gasteiger partial charge in [-0.15, -0.1) is 0 Å². The minimum atomic E-state index is -1.37.